The second-order valence-corrected chi connectivity index (χ2v) is 8.52. The van der Waals surface area contributed by atoms with Gasteiger partial charge in [0.05, 0.1) is 6.54 Å². The second kappa shape index (κ2) is 10.4. The Bertz CT molecular complexity index is 1080. The molecule has 33 heavy (non-hydrogen) atoms. The zero-order valence-corrected chi connectivity index (χ0v) is 19.0. The van der Waals surface area contributed by atoms with Crippen molar-refractivity contribution in [2.24, 2.45) is 4.99 Å². The molecule has 0 unspecified atom stereocenters. The Morgan fingerprint density at radius 2 is 2.00 bits per heavy atom. The number of likely N-dealkylation sites (tertiary alicyclic amines) is 2. The third kappa shape index (κ3) is 5.45. The van der Waals surface area contributed by atoms with Gasteiger partial charge in [0.25, 0.3) is 0 Å². The van der Waals surface area contributed by atoms with E-state index in [0.717, 1.165) is 67.6 Å². The number of anilines is 1. The van der Waals surface area contributed by atoms with Crippen LogP contribution in [0, 0.1) is 11.5 Å². The maximum atomic E-state index is 13.2. The molecule has 2 N–H and O–H groups in total. The van der Waals surface area contributed by atoms with Crippen molar-refractivity contribution >= 4 is 34.4 Å². The van der Waals surface area contributed by atoms with Gasteiger partial charge in [0.2, 0.25) is 17.8 Å². The standard InChI is InChI=1S/C24H30N6O3/c1-2-19-14-17-13-18(8-9-21(17)33-19)27-24(26-16-25)28-20-7-3-4-12-30(23(20)32)15-22(31)29-10-5-6-11-29/h8-9,13-14,20H,2-7,10-12,15H2,1H3,(H2,26,27,28)/t20-/m0/s1. The number of carbonyl (C=O) groups excluding carboxylic acids is 2. The summed E-state index contributed by atoms with van der Waals surface area (Å²) in [7, 11) is 0. The molecule has 2 fully saturated rings. The minimum atomic E-state index is -0.647. The number of nitriles is 1. The highest BCUT2D eigenvalue weighted by atomic mass is 16.3. The van der Waals surface area contributed by atoms with Crippen LogP contribution in [-0.4, -0.2) is 59.8 Å². The molecule has 2 aromatic rings. The van der Waals surface area contributed by atoms with Gasteiger partial charge in [0.15, 0.2) is 6.19 Å². The molecule has 4 rings (SSSR count). The van der Waals surface area contributed by atoms with E-state index in [4.69, 9.17) is 4.42 Å². The van der Waals surface area contributed by atoms with E-state index in [1.54, 1.807) is 4.90 Å². The van der Waals surface area contributed by atoms with Crippen LogP contribution in [0.2, 0.25) is 0 Å². The predicted octanol–water partition coefficient (Wildman–Crippen LogP) is 2.84. The van der Waals surface area contributed by atoms with Crippen LogP contribution in [0.5, 0.6) is 0 Å². The molecule has 0 aliphatic carbocycles. The molecule has 0 bridgehead atoms. The van der Waals surface area contributed by atoms with Crippen LogP contribution in [0.3, 0.4) is 0 Å². The lowest BCUT2D eigenvalue weighted by molar-refractivity contribution is -0.140. The molecule has 0 saturated carbocycles. The fraction of sp³-hybridized carbons (Fsp3) is 0.500. The van der Waals surface area contributed by atoms with E-state index in [-0.39, 0.29) is 24.3 Å². The van der Waals surface area contributed by atoms with E-state index in [0.29, 0.717) is 13.0 Å². The fourth-order valence-corrected chi connectivity index (χ4v) is 4.38. The second-order valence-electron chi connectivity index (χ2n) is 8.52. The molecule has 3 heterocycles. The van der Waals surface area contributed by atoms with Crippen molar-refractivity contribution in [3.05, 3.63) is 30.0 Å². The Morgan fingerprint density at radius 1 is 1.21 bits per heavy atom. The summed E-state index contributed by atoms with van der Waals surface area (Å²) in [5.74, 6) is 0.941. The highest BCUT2D eigenvalue weighted by Gasteiger charge is 2.30. The summed E-state index contributed by atoms with van der Waals surface area (Å²) in [4.78, 5) is 33.8. The Morgan fingerprint density at radius 3 is 2.76 bits per heavy atom. The Labute approximate surface area is 193 Å². The number of nitrogens with one attached hydrogen (secondary N) is 2. The largest absolute Gasteiger partial charge is 0.461 e. The van der Waals surface area contributed by atoms with Gasteiger partial charge in [0.1, 0.15) is 17.4 Å². The highest BCUT2D eigenvalue weighted by molar-refractivity contribution is 5.98. The molecule has 9 heteroatoms. The summed E-state index contributed by atoms with van der Waals surface area (Å²) >= 11 is 0. The first-order valence-corrected chi connectivity index (χ1v) is 11.7. The maximum Gasteiger partial charge on any atom is 0.247 e. The zero-order chi connectivity index (χ0) is 23.2. The van der Waals surface area contributed by atoms with Gasteiger partial charge in [-0.3, -0.25) is 14.9 Å². The lowest BCUT2D eigenvalue weighted by Crippen LogP contribution is -2.45. The van der Waals surface area contributed by atoms with E-state index in [1.807, 2.05) is 42.3 Å². The van der Waals surface area contributed by atoms with Gasteiger partial charge in [-0.25, -0.2) is 4.99 Å². The number of hydrogen-bond acceptors (Lipinski definition) is 5. The average Bonchev–Trinajstić information content (AvgIpc) is 3.46. The molecule has 2 saturated heterocycles. The summed E-state index contributed by atoms with van der Waals surface area (Å²) < 4.78 is 5.75. The summed E-state index contributed by atoms with van der Waals surface area (Å²) in [6.45, 7) is 4.21. The van der Waals surface area contributed by atoms with Gasteiger partial charge in [-0.2, -0.15) is 5.26 Å². The third-order valence-corrected chi connectivity index (χ3v) is 6.17. The number of aryl methyl sites for hydroxylation is 1. The van der Waals surface area contributed by atoms with Crippen LogP contribution in [0.15, 0.2) is 33.7 Å². The molecule has 1 aromatic carbocycles. The number of carbonyl (C=O) groups is 2. The van der Waals surface area contributed by atoms with E-state index in [9.17, 15) is 14.9 Å². The monoisotopic (exact) mass is 450 g/mol. The van der Waals surface area contributed by atoms with Crippen molar-refractivity contribution in [2.45, 2.75) is 51.5 Å². The van der Waals surface area contributed by atoms with Crippen LogP contribution < -0.4 is 10.6 Å². The van der Waals surface area contributed by atoms with Crippen molar-refractivity contribution in [1.82, 2.24) is 15.1 Å². The molecule has 2 aliphatic heterocycles. The quantitative estimate of drug-likeness (QED) is 0.313. The van der Waals surface area contributed by atoms with Gasteiger partial charge in [0, 0.05) is 37.1 Å². The highest BCUT2D eigenvalue weighted by Crippen LogP contribution is 2.24. The number of hydrogen-bond donors (Lipinski definition) is 2. The van der Waals surface area contributed by atoms with Crippen LogP contribution >= 0.6 is 0 Å². The predicted molar refractivity (Wildman–Crippen MR) is 125 cm³/mol. The first-order valence-electron chi connectivity index (χ1n) is 11.7. The number of nitrogens with zero attached hydrogens (tertiary/aromatic N) is 4. The Hall–Kier alpha value is -3.54. The van der Waals surface area contributed by atoms with Crippen LogP contribution in [0.4, 0.5) is 5.69 Å². The van der Waals surface area contributed by atoms with Gasteiger partial charge >= 0.3 is 0 Å². The topological polar surface area (TPSA) is 114 Å². The lowest BCUT2D eigenvalue weighted by Gasteiger charge is -2.25. The number of furan rings is 1. The molecule has 1 aromatic heterocycles. The maximum absolute atomic E-state index is 13.2. The molecule has 2 aliphatic rings. The van der Waals surface area contributed by atoms with Crippen molar-refractivity contribution in [1.29, 1.82) is 5.26 Å². The molecule has 9 nitrogen and oxygen atoms in total. The first-order chi connectivity index (χ1) is 16.1. The molecule has 0 spiro atoms. The summed E-state index contributed by atoms with van der Waals surface area (Å²) in [5, 5.41) is 15.8. The van der Waals surface area contributed by atoms with E-state index >= 15 is 0 Å². The third-order valence-electron chi connectivity index (χ3n) is 6.17. The van der Waals surface area contributed by atoms with Crippen LogP contribution in [0.1, 0.15) is 44.8 Å². The molecule has 2 amide bonds. The van der Waals surface area contributed by atoms with Crippen molar-refractivity contribution in [3.63, 3.8) is 0 Å². The number of amides is 2. The van der Waals surface area contributed by atoms with Crippen molar-refractivity contribution in [2.75, 3.05) is 31.5 Å². The van der Waals surface area contributed by atoms with Gasteiger partial charge in [-0.05, 0) is 56.4 Å². The van der Waals surface area contributed by atoms with Crippen molar-refractivity contribution < 1.29 is 14.0 Å². The van der Waals surface area contributed by atoms with Crippen LogP contribution in [-0.2, 0) is 16.0 Å². The van der Waals surface area contributed by atoms with Crippen LogP contribution in [0.25, 0.3) is 11.0 Å². The molecular weight excluding hydrogens is 420 g/mol. The number of guanidine groups is 1. The number of fused-ring (bicyclic) bond motifs is 1. The Kier molecular flexibility index (Phi) is 7.13. The van der Waals surface area contributed by atoms with Crippen molar-refractivity contribution in [3.8, 4) is 6.19 Å². The minimum absolute atomic E-state index is 0.00107. The summed E-state index contributed by atoms with van der Waals surface area (Å²) in [6.07, 6.45) is 6.97. The smallest absolute Gasteiger partial charge is 0.247 e. The first kappa shape index (κ1) is 22.6. The summed E-state index contributed by atoms with van der Waals surface area (Å²) in [6, 6.07) is 6.97. The summed E-state index contributed by atoms with van der Waals surface area (Å²) in [5.41, 5.74) is 1.52. The Balaban J connectivity index is 1.49. The lowest BCUT2D eigenvalue weighted by atomic mass is 10.1. The van der Waals surface area contributed by atoms with Gasteiger partial charge < -0.3 is 19.5 Å². The minimum Gasteiger partial charge on any atom is -0.461 e. The van der Waals surface area contributed by atoms with Gasteiger partial charge in [-0.1, -0.05) is 6.92 Å². The van der Waals surface area contributed by atoms with E-state index < -0.39 is 6.04 Å². The number of aliphatic imine (C=N–C) groups is 1. The molecular formula is C24H30N6O3. The molecule has 0 radical (unpaired) electrons. The zero-order valence-electron chi connectivity index (χ0n) is 19.0. The molecule has 174 valence electrons. The van der Waals surface area contributed by atoms with E-state index in [2.05, 4.69) is 15.6 Å². The SMILES string of the molecule is CCc1cc2cc(NC(=N[C@H]3CCCCN(CC(=O)N4CCCC4)C3=O)NC#N)ccc2o1. The average molecular weight is 451 g/mol. The van der Waals surface area contributed by atoms with Gasteiger partial charge in [-0.15, -0.1) is 0 Å². The number of benzene rings is 1. The molecule has 1 atom stereocenters. The normalized spacial score (nSPS) is 19.5. The fourth-order valence-electron chi connectivity index (χ4n) is 4.38. The number of rotatable bonds is 5. The van der Waals surface area contributed by atoms with E-state index in [1.165, 1.54) is 0 Å².